The molecule has 0 aromatic rings. The molecule has 194 valence electrons. The van der Waals surface area contributed by atoms with E-state index >= 15 is 0 Å². The van der Waals surface area contributed by atoms with Gasteiger partial charge in [0.15, 0.2) is 5.17 Å². The molecule has 1 N–H and O–H groups in total. The fourth-order valence-corrected chi connectivity index (χ4v) is 6.07. The Bertz CT molecular complexity index is 702. The Morgan fingerprint density at radius 1 is 1.09 bits per heavy atom. The predicted octanol–water partition coefficient (Wildman–Crippen LogP) is 8.20. The molecule has 0 radical (unpaired) electrons. The summed E-state index contributed by atoms with van der Waals surface area (Å²) in [5, 5.41) is 4.06. The molecule has 1 aliphatic carbocycles. The summed E-state index contributed by atoms with van der Waals surface area (Å²) >= 11 is 1.58. The minimum atomic E-state index is 0. The standard InChI is InChI=1S/C28H47N3OS.ClH/c1-3-4-5-6-9-12-16-23(2)17-13-10-7-8-11-14-20-29-27(32)26-25(24-18-19-24)31-22-15-21-30-28(31)33-26;/h14,20,23-24H,3-13,15-19,21-22H2,1-2H3,(H,29,32);1H. The Hall–Kier alpha value is -0.940. The third-order valence-corrected chi connectivity index (χ3v) is 8.24. The van der Waals surface area contributed by atoms with Crippen molar-refractivity contribution in [2.24, 2.45) is 16.8 Å². The van der Waals surface area contributed by atoms with E-state index in [4.69, 9.17) is 0 Å². The van der Waals surface area contributed by atoms with E-state index in [0.717, 1.165) is 41.9 Å². The average Bonchev–Trinajstić information content (AvgIpc) is 3.59. The molecule has 1 amide bonds. The summed E-state index contributed by atoms with van der Waals surface area (Å²) in [4.78, 5) is 20.6. The largest absolute Gasteiger partial charge is 0.328 e. The lowest BCUT2D eigenvalue weighted by atomic mass is 9.96. The van der Waals surface area contributed by atoms with Crippen LogP contribution >= 0.6 is 24.2 Å². The zero-order valence-electron chi connectivity index (χ0n) is 21.7. The van der Waals surface area contributed by atoms with E-state index in [-0.39, 0.29) is 18.3 Å². The second-order valence-corrected chi connectivity index (χ2v) is 11.3. The summed E-state index contributed by atoms with van der Waals surface area (Å²) in [7, 11) is 0. The first-order valence-electron chi connectivity index (χ1n) is 13.9. The highest BCUT2D eigenvalue weighted by Crippen LogP contribution is 2.48. The molecular formula is C28H48ClN3OS. The Morgan fingerprint density at radius 3 is 2.47 bits per heavy atom. The van der Waals surface area contributed by atoms with Gasteiger partial charge in [0.2, 0.25) is 0 Å². The van der Waals surface area contributed by atoms with Gasteiger partial charge in [-0.2, -0.15) is 0 Å². The first kappa shape index (κ1) is 29.3. The smallest absolute Gasteiger partial charge is 0.263 e. The SMILES string of the molecule is CCCCCCCCC(C)CCCCCCC=CNC(=O)C1=C(C2CC2)N2CCCN=C2S1.Cl. The van der Waals surface area contributed by atoms with Crippen LogP contribution in [0.3, 0.4) is 0 Å². The first-order valence-corrected chi connectivity index (χ1v) is 14.7. The quantitative estimate of drug-likeness (QED) is 0.201. The van der Waals surface area contributed by atoms with Crippen molar-refractivity contribution in [1.29, 1.82) is 0 Å². The molecule has 1 fully saturated rings. The Kier molecular flexibility index (Phi) is 14.4. The molecule has 0 aromatic heterocycles. The van der Waals surface area contributed by atoms with Gasteiger partial charge in [0.25, 0.3) is 5.91 Å². The summed E-state index contributed by atoms with van der Waals surface area (Å²) < 4.78 is 0. The maximum atomic E-state index is 12.8. The number of nitrogens with zero attached hydrogens (tertiary/aromatic N) is 2. The molecule has 2 aliphatic heterocycles. The van der Waals surface area contributed by atoms with Gasteiger partial charge >= 0.3 is 0 Å². The van der Waals surface area contributed by atoms with Crippen LogP contribution in [-0.2, 0) is 4.79 Å². The van der Waals surface area contributed by atoms with Gasteiger partial charge in [0, 0.05) is 30.9 Å². The summed E-state index contributed by atoms with van der Waals surface area (Å²) in [6.45, 7) is 6.63. The molecule has 1 atom stereocenters. The monoisotopic (exact) mass is 509 g/mol. The number of hydrogen-bond donors (Lipinski definition) is 1. The van der Waals surface area contributed by atoms with E-state index in [1.165, 1.54) is 95.6 Å². The number of aliphatic imine (C=N–C) groups is 1. The third-order valence-electron chi connectivity index (χ3n) is 7.11. The predicted molar refractivity (Wildman–Crippen MR) is 150 cm³/mol. The number of halogens is 1. The van der Waals surface area contributed by atoms with Crippen LogP contribution in [-0.4, -0.2) is 29.1 Å². The van der Waals surface area contributed by atoms with Crippen LogP contribution in [0, 0.1) is 11.8 Å². The van der Waals surface area contributed by atoms with Crippen LogP contribution in [0.4, 0.5) is 0 Å². The van der Waals surface area contributed by atoms with Crippen LogP contribution in [0.1, 0.15) is 117 Å². The fraction of sp³-hybridized carbons (Fsp3) is 0.786. The molecule has 1 unspecified atom stereocenters. The normalized spacial score (nSPS) is 18.6. The van der Waals surface area contributed by atoms with Gasteiger partial charge in [0.1, 0.15) is 4.91 Å². The molecule has 0 aromatic carbocycles. The second-order valence-electron chi connectivity index (χ2n) is 10.3. The molecule has 3 aliphatic rings. The number of fused-ring (bicyclic) bond motifs is 1. The van der Waals surface area contributed by atoms with E-state index < -0.39 is 0 Å². The lowest BCUT2D eigenvalue weighted by molar-refractivity contribution is -0.116. The van der Waals surface area contributed by atoms with E-state index in [9.17, 15) is 4.79 Å². The van der Waals surface area contributed by atoms with Crippen LogP contribution in [0.2, 0.25) is 0 Å². The number of amides is 1. The molecule has 0 spiro atoms. The summed E-state index contributed by atoms with van der Waals surface area (Å²) in [5.41, 5.74) is 1.25. The van der Waals surface area contributed by atoms with Gasteiger partial charge in [-0.25, -0.2) is 0 Å². The molecule has 3 rings (SSSR count). The zero-order chi connectivity index (χ0) is 23.3. The summed E-state index contributed by atoms with van der Waals surface area (Å²) in [5.74, 6) is 1.51. The number of nitrogens with one attached hydrogen (secondary N) is 1. The zero-order valence-corrected chi connectivity index (χ0v) is 23.3. The maximum Gasteiger partial charge on any atom is 0.263 e. The molecular weight excluding hydrogens is 462 g/mol. The maximum absolute atomic E-state index is 12.8. The molecule has 4 nitrogen and oxygen atoms in total. The number of carbonyl (C=O) groups is 1. The minimum absolute atomic E-state index is 0. The topological polar surface area (TPSA) is 44.7 Å². The molecule has 0 bridgehead atoms. The van der Waals surface area contributed by atoms with E-state index in [1.807, 2.05) is 6.20 Å². The highest BCUT2D eigenvalue weighted by Gasteiger charge is 2.41. The highest BCUT2D eigenvalue weighted by molar-refractivity contribution is 8.18. The van der Waals surface area contributed by atoms with Crippen molar-refractivity contribution in [3.63, 3.8) is 0 Å². The van der Waals surface area contributed by atoms with Crippen LogP contribution in [0.25, 0.3) is 0 Å². The Morgan fingerprint density at radius 2 is 1.76 bits per heavy atom. The van der Waals surface area contributed by atoms with Crippen molar-refractivity contribution in [3.8, 4) is 0 Å². The van der Waals surface area contributed by atoms with Gasteiger partial charge in [-0.15, -0.1) is 12.4 Å². The number of rotatable bonds is 17. The highest BCUT2D eigenvalue weighted by atomic mass is 35.5. The third kappa shape index (κ3) is 9.97. The van der Waals surface area contributed by atoms with E-state index in [0.29, 0.717) is 5.92 Å². The molecule has 1 saturated carbocycles. The number of unbranched alkanes of at least 4 members (excludes halogenated alkanes) is 9. The molecule has 2 heterocycles. The van der Waals surface area contributed by atoms with Gasteiger partial charge in [-0.3, -0.25) is 9.79 Å². The Labute approximate surface area is 219 Å². The lowest BCUT2D eigenvalue weighted by Crippen LogP contribution is -2.30. The molecule has 34 heavy (non-hydrogen) atoms. The average molecular weight is 510 g/mol. The second kappa shape index (κ2) is 16.7. The first-order chi connectivity index (χ1) is 16.2. The lowest BCUT2D eigenvalue weighted by Gasteiger charge is -2.25. The van der Waals surface area contributed by atoms with Crippen molar-refractivity contribution in [3.05, 3.63) is 22.9 Å². The van der Waals surface area contributed by atoms with Crippen molar-refractivity contribution in [1.82, 2.24) is 10.2 Å². The number of amidine groups is 1. The van der Waals surface area contributed by atoms with Crippen molar-refractivity contribution in [2.45, 2.75) is 117 Å². The number of thioether (sulfide) groups is 1. The van der Waals surface area contributed by atoms with Gasteiger partial charge < -0.3 is 10.2 Å². The van der Waals surface area contributed by atoms with Gasteiger partial charge in [-0.05, 0) is 49.8 Å². The van der Waals surface area contributed by atoms with Crippen molar-refractivity contribution < 1.29 is 4.79 Å². The molecule has 0 saturated heterocycles. The number of allylic oxidation sites excluding steroid dienone is 2. The van der Waals surface area contributed by atoms with E-state index in [2.05, 4.69) is 35.1 Å². The summed E-state index contributed by atoms with van der Waals surface area (Å²) in [6.07, 6.45) is 25.0. The van der Waals surface area contributed by atoms with Crippen LogP contribution in [0.15, 0.2) is 27.9 Å². The van der Waals surface area contributed by atoms with E-state index in [1.54, 1.807) is 11.8 Å². The van der Waals surface area contributed by atoms with Crippen molar-refractivity contribution in [2.75, 3.05) is 13.1 Å². The minimum Gasteiger partial charge on any atom is -0.328 e. The van der Waals surface area contributed by atoms with Crippen LogP contribution in [0.5, 0.6) is 0 Å². The fourth-order valence-electron chi connectivity index (χ4n) is 4.90. The summed E-state index contributed by atoms with van der Waals surface area (Å²) in [6, 6.07) is 0. The number of hydrogen-bond acceptors (Lipinski definition) is 4. The van der Waals surface area contributed by atoms with Gasteiger partial charge in [0.05, 0.1) is 0 Å². The molecule has 6 heteroatoms. The van der Waals surface area contributed by atoms with Gasteiger partial charge in [-0.1, -0.05) is 90.6 Å². The van der Waals surface area contributed by atoms with Crippen molar-refractivity contribution >= 4 is 35.2 Å². The Balaban J connectivity index is 0.00000408. The van der Waals surface area contributed by atoms with Crippen LogP contribution < -0.4 is 5.32 Å². The number of carbonyl (C=O) groups excluding carboxylic acids is 1.